The SMILES string of the molecule is COc1ccc(-c2nnc(SCc3csc(-c4ccccc4Cl)n3)n2N)cc1. The van der Waals surface area contributed by atoms with E-state index >= 15 is 0 Å². The fraction of sp³-hybridized carbons (Fsp3) is 0.105. The van der Waals surface area contributed by atoms with Gasteiger partial charge in [0.1, 0.15) is 10.8 Å². The average molecular weight is 430 g/mol. The van der Waals surface area contributed by atoms with Crippen LogP contribution in [-0.2, 0) is 5.75 Å². The van der Waals surface area contributed by atoms with E-state index < -0.39 is 0 Å². The monoisotopic (exact) mass is 429 g/mol. The molecule has 142 valence electrons. The standard InChI is InChI=1S/C19H16ClN5OS2/c1-26-14-8-6-12(7-9-14)17-23-24-19(25(17)21)28-11-13-10-27-18(22-13)15-4-2-3-5-16(15)20/h2-10H,11,21H2,1H3. The number of ether oxygens (including phenoxy) is 1. The molecule has 6 nitrogen and oxygen atoms in total. The van der Waals surface area contributed by atoms with Gasteiger partial charge in [-0.3, -0.25) is 0 Å². The van der Waals surface area contributed by atoms with E-state index in [1.54, 1.807) is 18.4 Å². The van der Waals surface area contributed by atoms with E-state index in [0.29, 0.717) is 21.8 Å². The number of nitrogens with two attached hydrogens (primary N) is 1. The van der Waals surface area contributed by atoms with Crippen LogP contribution in [-0.4, -0.2) is 27.0 Å². The van der Waals surface area contributed by atoms with Gasteiger partial charge in [0, 0.05) is 22.3 Å². The molecule has 2 heterocycles. The second-order valence-corrected chi connectivity index (χ2v) is 8.03. The number of hydrogen-bond acceptors (Lipinski definition) is 7. The summed E-state index contributed by atoms with van der Waals surface area (Å²) in [5.74, 6) is 8.20. The van der Waals surface area contributed by atoms with Crippen LogP contribution in [0.1, 0.15) is 5.69 Å². The lowest BCUT2D eigenvalue weighted by atomic mass is 10.2. The van der Waals surface area contributed by atoms with Crippen LogP contribution in [0.5, 0.6) is 5.75 Å². The van der Waals surface area contributed by atoms with E-state index in [-0.39, 0.29) is 0 Å². The Labute approximate surface area is 175 Å². The van der Waals surface area contributed by atoms with E-state index in [4.69, 9.17) is 22.2 Å². The lowest BCUT2D eigenvalue weighted by Gasteiger charge is -2.04. The third-order valence-electron chi connectivity index (χ3n) is 4.02. The predicted molar refractivity (Wildman–Crippen MR) is 114 cm³/mol. The average Bonchev–Trinajstić information content (AvgIpc) is 3.33. The Morgan fingerprint density at radius 1 is 1.14 bits per heavy atom. The summed E-state index contributed by atoms with van der Waals surface area (Å²) in [5, 5.41) is 12.7. The van der Waals surface area contributed by atoms with Gasteiger partial charge >= 0.3 is 0 Å². The lowest BCUT2D eigenvalue weighted by Crippen LogP contribution is -2.11. The molecule has 0 aliphatic carbocycles. The zero-order valence-corrected chi connectivity index (χ0v) is 17.3. The number of halogens is 1. The summed E-state index contributed by atoms with van der Waals surface area (Å²) < 4.78 is 6.67. The summed E-state index contributed by atoms with van der Waals surface area (Å²) in [7, 11) is 1.63. The van der Waals surface area contributed by atoms with Crippen LogP contribution in [0.25, 0.3) is 22.0 Å². The minimum absolute atomic E-state index is 0.597. The molecule has 0 fully saturated rings. The number of benzene rings is 2. The van der Waals surface area contributed by atoms with E-state index in [0.717, 1.165) is 27.6 Å². The molecule has 0 atom stereocenters. The first-order valence-corrected chi connectivity index (χ1v) is 10.6. The van der Waals surface area contributed by atoms with Gasteiger partial charge in [0.2, 0.25) is 5.16 Å². The Balaban J connectivity index is 1.47. The zero-order chi connectivity index (χ0) is 19.5. The molecule has 28 heavy (non-hydrogen) atoms. The quantitative estimate of drug-likeness (QED) is 0.352. The van der Waals surface area contributed by atoms with Crippen molar-refractivity contribution in [3.63, 3.8) is 0 Å². The van der Waals surface area contributed by atoms with Crippen LogP contribution in [0.4, 0.5) is 0 Å². The molecule has 2 aromatic carbocycles. The highest BCUT2D eigenvalue weighted by atomic mass is 35.5. The molecule has 0 radical (unpaired) electrons. The van der Waals surface area contributed by atoms with E-state index in [2.05, 4.69) is 15.2 Å². The van der Waals surface area contributed by atoms with Gasteiger partial charge in [0.15, 0.2) is 5.82 Å². The normalized spacial score (nSPS) is 10.9. The molecule has 0 spiro atoms. The van der Waals surface area contributed by atoms with Crippen LogP contribution in [0.2, 0.25) is 5.02 Å². The first-order chi connectivity index (χ1) is 13.7. The van der Waals surface area contributed by atoms with Crippen LogP contribution in [0.15, 0.2) is 59.1 Å². The summed E-state index contributed by atoms with van der Waals surface area (Å²) in [6, 6.07) is 15.2. The smallest absolute Gasteiger partial charge is 0.210 e. The Kier molecular flexibility index (Phi) is 5.52. The van der Waals surface area contributed by atoms with Crippen molar-refractivity contribution in [1.82, 2.24) is 19.9 Å². The van der Waals surface area contributed by atoms with Crippen molar-refractivity contribution in [2.75, 3.05) is 13.0 Å². The van der Waals surface area contributed by atoms with Crippen molar-refractivity contribution in [3.8, 4) is 27.7 Å². The van der Waals surface area contributed by atoms with Gasteiger partial charge in [-0.2, -0.15) is 0 Å². The second-order valence-electron chi connectivity index (χ2n) is 5.82. The Morgan fingerprint density at radius 3 is 2.68 bits per heavy atom. The maximum absolute atomic E-state index is 6.26. The molecule has 9 heteroatoms. The molecule has 4 rings (SSSR count). The number of nitrogen functional groups attached to an aromatic ring is 1. The lowest BCUT2D eigenvalue weighted by molar-refractivity contribution is 0.415. The van der Waals surface area contributed by atoms with Gasteiger partial charge in [0.05, 0.1) is 17.8 Å². The third-order valence-corrected chi connectivity index (χ3v) is 6.25. The molecule has 2 N–H and O–H groups in total. The maximum Gasteiger partial charge on any atom is 0.210 e. The highest BCUT2D eigenvalue weighted by Gasteiger charge is 2.14. The molecule has 2 aromatic heterocycles. The summed E-state index contributed by atoms with van der Waals surface area (Å²) in [6.07, 6.45) is 0. The zero-order valence-electron chi connectivity index (χ0n) is 14.9. The van der Waals surface area contributed by atoms with Gasteiger partial charge in [-0.1, -0.05) is 41.6 Å². The number of aromatic nitrogens is 4. The number of nitrogens with zero attached hydrogens (tertiary/aromatic N) is 4. The van der Waals surface area contributed by atoms with Crippen molar-refractivity contribution in [3.05, 3.63) is 64.6 Å². The van der Waals surface area contributed by atoms with Crippen molar-refractivity contribution >= 4 is 34.7 Å². The Hall–Kier alpha value is -2.55. The Bertz CT molecular complexity index is 1090. The molecule has 0 saturated heterocycles. The molecule has 0 bridgehead atoms. The first kappa shape index (κ1) is 18.8. The fourth-order valence-electron chi connectivity index (χ4n) is 2.58. The van der Waals surface area contributed by atoms with E-state index in [9.17, 15) is 0 Å². The maximum atomic E-state index is 6.26. The summed E-state index contributed by atoms with van der Waals surface area (Å²) in [6.45, 7) is 0. The van der Waals surface area contributed by atoms with Gasteiger partial charge in [-0.05, 0) is 30.3 Å². The van der Waals surface area contributed by atoms with Gasteiger partial charge in [-0.15, -0.1) is 21.5 Å². The minimum atomic E-state index is 0.597. The molecule has 0 aliphatic rings. The van der Waals surface area contributed by atoms with Crippen LogP contribution in [0, 0.1) is 0 Å². The summed E-state index contributed by atoms with van der Waals surface area (Å²) in [5.41, 5.74) is 2.76. The van der Waals surface area contributed by atoms with E-state index in [1.165, 1.54) is 16.4 Å². The van der Waals surface area contributed by atoms with E-state index in [1.807, 2.05) is 53.9 Å². The molecule has 0 aliphatic heterocycles. The van der Waals surface area contributed by atoms with Crippen LogP contribution in [0.3, 0.4) is 0 Å². The molecule has 0 amide bonds. The largest absolute Gasteiger partial charge is 0.497 e. The third kappa shape index (κ3) is 3.84. The number of thioether (sulfide) groups is 1. The number of hydrogen-bond donors (Lipinski definition) is 1. The van der Waals surface area contributed by atoms with Crippen molar-refractivity contribution < 1.29 is 4.74 Å². The summed E-state index contributed by atoms with van der Waals surface area (Å²) in [4.78, 5) is 4.67. The Morgan fingerprint density at radius 2 is 1.93 bits per heavy atom. The van der Waals surface area contributed by atoms with Crippen LogP contribution >= 0.6 is 34.7 Å². The van der Waals surface area contributed by atoms with Crippen molar-refractivity contribution in [2.45, 2.75) is 10.9 Å². The molecular formula is C19H16ClN5OS2. The van der Waals surface area contributed by atoms with Gasteiger partial charge in [-0.25, -0.2) is 9.66 Å². The fourth-order valence-corrected chi connectivity index (χ4v) is 4.58. The second kappa shape index (κ2) is 8.22. The highest BCUT2D eigenvalue weighted by molar-refractivity contribution is 7.98. The predicted octanol–water partition coefficient (Wildman–Crippen LogP) is 4.74. The summed E-state index contributed by atoms with van der Waals surface area (Å²) >= 11 is 9.31. The topological polar surface area (TPSA) is 78.9 Å². The van der Waals surface area contributed by atoms with Gasteiger partial charge in [0.25, 0.3) is 0 Å². The number of thiazole rings is 1. The van der Waals surface area contributed by atoms with Crippen LogP contribution < -0.4 is 10.6 Å². The van der Waals surface area contributed by atoms with Gasteiger partial charge < -0.3 is 10.6 Å². The number of rotatable bonds is 6. The van der Waals surface area contributed by atoms with Crippen molar-refractivity contribution in [1.29, 1.82) is 0 Å². The molecule has 0 saturated carbocycles. The first-order valence-electron chi connectivity index (χ1n) is 8.32. The molecule has 0 unspecified atom stereocenters. The molecule has 4 aromatic rings. The highest BCUT2D eigenvalue weighted by Crippen LogP contribution is 2.32. The van der Waals surface area contributed by atoms with Crippen molar-refractivity contribution in [2.24, 2.45) is 0 Å². The molecular weight excluding hydrogens is 414 g/mol. The number of methoxy groups -OCH3 is 1. The minimum Gasteiger partial charge on any atom is -0.497 e.